The lowest BCUT2D eigenvalue weighted by Gasteiger charge is -2.34. The van der Waals surface area contributed by atoms with Crippen molar-refractivity contribution in [1.29, 1.82) is 0 Å². The van der Waals surface area contributed by atoms with E-state index in [9.17, 15) is 26.3 Å². The van der Waals surface area contributed by atoms with Crippen LogP contribution in [0.4, 0.5) is 38.0 Å². The molecule has 4 aromatic rings. The van der Waals surface area contributed by atoms with Crippen molar-refractivity contribution in [3.8, 4) is 11.3 Å². The minimum Gasteiger partial charge on any atom is -0.373 e. The van der Waals surface area contributed by atoms with E-state index in [0.29, 0.717) is 42.6 Å². The Morgan fingerprint density at radius 2 is 1.68 bits per heavy atom. The smallest absolute Gasteiger partial charge is 0.373 e. The first kappa shape index (κ1) is 27.7. The molecule has 5 rings (SSSR count). The number of benzene rings is 1. The second-order valence-corrected chi connectivity index (χ2v) is 9.62. The van der Waals surface area contributed by atoms with Crippen molar-refractivity contribution in [2.45, 2.75) is 45.0 Å². The Morgan fingerprint density at radius 3 is 2.33 bits per heavy atom. The summed E-state index contributed by atoms with van der Waals surface area (Å²) < 4.78 is 85.8. The normalized spacial score (nSPS) is 18.7. The molecule has 1 aliphatic heterocycles. The summed E-state index contributed by atoms with van der Waals surface area (Å²) in [5.41, 5.74) is -1.48. The molecule has 7 nitrogen and oxygen atoms in total. The second kappa shape index (κ2) is 10.6. The van der Waals surface area contributed by atoms with Crippen LogP contribution in [-0.4, -0.2) is 50.1 Å². The summed E-state index contributed by atoms with van der Waals surface area (Å²) in [7, 11) is 0. The molecule has 2 atom stereocenters. The molecule has 13 heteroatoms. The van der Waals surface area contributed by atoms with Crippen molar-refractivity contribution in [3.05, 3.63) is 71.8 Å². The van der Waals surface area contributed by atoms with E-state index in [1.807, 2.05) is 13.8 Å². The molecule has 0 saturated carbocycles. The van der Waals surface area contributed by atoms with Crippen molar-refractivity contribution in [2.24, 2.45) is 0 Å². The predicted octanol–water partition coefficient (Wildman–Crippen LogP) is 6.48. The van der Waals surface area contributed by atoms with Crippen LogP contribution in [0.5, 0.6) is 0 Å². The lowest BCUT2D eigenvalue weighted by molar-refractivity contribution is -0.138. The van der Waals surface area contributed by atoms with Gasteiger partial charge >= 0.3 is 12.4 Å². The number of hydrogen-bond donors (Lipinski definition) is 1. The van der Waals surface area contributed by atoms with E-state index in [1.165, 1.54) is 30.5 Å². The Kier molecular flexibility index (Phi) is 7.36. The lowest BCUT2D eigenvalue weighted by atomic mass is 10.0. The number of fused-ring (bicyclic) bond motifs is 1. The highest BCUT2D eigenvalue weighted by atomic mass is 19.4. The fraction of sp³-hybridized carbons (Fsp3) is 0.333. The van der Waals surface area contributed by atoms with Gasteiger partial charge in [-0.3, -0.25) is 9.88 Å². The summed E-state index contributed by atoms with van der Waals surface area (Å²) >= 11 is 0. The van der Waals surface area contributed by atoms with Gasteiger partial charge in [-0.25, -0.2) is 15.0 Å². The number of ether oxygens (including phenoxy) is 1. The van der Waals surface area contributed by atoms with E-state index in [0.717, 1.165) is 12.1 Å². The highest BCUT2D eigenvalue weighted by Gasteiger charge is 2.34. The zero-order valence-corrected chi connectivity index (χ0v) is 21.4. The van der Waals surface area contributed by atoms with Crippen molar-refractivity contribution in [1.82, 2.24) is 24.8 Å². The van der Waals surface area contributed by atoms with Crippen molar-refractivity contribution < 1.29 is 31.1 Å². The van der Waals surface area contributed by atoms with Gasteiger partial charge in [0, 0.05) is 36.4 Å². The van der Waals surface area contributed by atoms with E-state index in [2.05, 4.69) is 30.2 Å². The van der Waals surface area contributed by atoms with Crippen LogP contribution in [0.3, 0.4) is 0 Å². The van der Waals surface area contributed by atoms with Gasteiger partial charge in [-0.1, -0.05) is 6.07 Å². The minimum absolute atomic E-state index is 0.0188. The van der Waals surface area contributed by atoms with E-state index in [-0.39, 0.29) is 35.1 Å². The van der Waals surface area contributed by atoms with Gasteiger partial charge in [-0.15, -0.1) is 0 Å². The number of alkyl halides is 6. The molecule has 40 heavy (non-hydrogen) atoms. The molecule has 0 bridgehead atoms. The second-order valence-electron chi connectivity index (χ2n) is 9.62. The van der Waals surface area contributed by atoms with Gasteiger partial charge in [0.25, 0.3) is 0 Å². The molecule has 0 spiro atoms. The largest absolute Gasteiger partial charge is 0.418 e. The Balaban J connectivity index is 1.57. The van der Waals surface area contributed by atoms with Gasteiger partial charge in [0.2, 0.25) is 0 Å². The first-order valence-electron chi connectivity index (χ1n) is 12.4. The van der Waals surface area contributed by atoms with Crippen LogP contribution in [-0.2, 0) is 23.6 Å². The Bertz CT molecular complexity index is 1500. The van der Waals surface area contributed by atoms with E-state index in [1.54, 1.807) is 6.07 Å². The van der Waals surface area contributed by atoms with Crippen LogP contribution in [0.25, 0.3) is 22.2 Å². The maximum Gasteiger partial charge on any atom is 0.418 e. The molecule has 1 aliphatic rings. The van der Waals surface area contributed by atoms with Crippen LogP contribution in [0.2, 0.25) is 0 Å². The van der Waals surface area contributed by atoms with E-state index < -0.39 is 23.5 Å². The van der Waals surface area contributed by atoms with Gasteiger partial charge in [0.05, 0.1) is 41.1 Å². The molecule has 0 radical (unpaired) electrons. The van der Waals surface area contributed by atoms with Crippen LogP contribution in [0.15, 0.2) is 54.9 Å². The summed E-state index contributed by atoms with van der Waals surface area (Å²) in [6.45, 7) is 5.47. The molecule has 1 aromatic carbocycles. The summed E-state index contributed by atoms with van der Waals surface area (Å²) in [4.78, 5) is 19.2. The number of morpholine rings is 1. The molecular weight excluding hydrogens is 538 g/mol. The Hall–Kier alpha value is -3.84. The van der Waals surface area contributed by atoms with Crippen molar-refractivity contribution in [3.63, 3.8) is 0 Å². The van der Waals surface area contributed by atoms with Gasteiger partial charge in [-0.2, -0.15) is 26.3 Å². The molecule has 1 N–H and O–H groups in total. The zero-order chi connectivity index (χ0) is 28.7. The van der Waals surface area contributed by atoms with Crippen LogP contribution in [0.1, 0.15) is 30.8 Å². The Labute approximate surface area is 225 Å². The summed E-state index contributed by atoms with van der Waals surface area (Å²) in [5, 5.41) is 3.39. The number of halogens is 6. The third kappa shape index (κ3) is 6.15. The van der Waals surface area contributed by atoms with Gasteiger partial charge in [0.15, 0.2) is 0 Å². The molecule has 0 amide bonds. The highest BCUT2D eigenvalue weighted by molar-refractivity contribution is 5.93. The minimum atomic E-state index is -4.61. The first-order chi connectivity index (χ1) is 18.9. The number of nitrogens with one attached hydrogen (secondary N) is 1. The van der Waals surface area contributed by atoms with Crippen molar-refractivity contribution in [2.75, 3.05) is 18.4 Å². The molecular formula is C27H24F6N6O. The molecule has 1 saturated heterocycles. The number of nitrogens with zero attached hydrogens (tertiary/aromatic N) is 5. The number of aromatic nitrogens is 4. The zero-order valence-electron chi connectivity index (χ0n) is 21.4. The third-order valence-corrected chi connectivity index (χ3v) is 6.33. The van der Waals surface area contributed by atoms with Crippen LogP contribution in [0, 0.1) is 0 Å². The molecule has 0 aliphatic carbocycles. The summed E-state index contributed by atoms with van der Waals surface area (Å²) in [6, 6.07) is 8.77. The molecule has 0 unspecified atom stereocenters. The van der Waals surface area contributed by atoms with Crippen molar-refractivity contribution >= 4 is 22.5 Å². The van der Waals surface area contributed by atoms with Gasteiger partial charge in [-0.05, 0) is 50.2 Å². The maximum atomic E-state index is 13.7. The fourth-order valence-electron chi connectivity index (χ4n) is 4.73. The molecule has 1 fully saturated rings. The Morgan fingerprint density at radius 1 is 0.925 bits per heavy atom. The number of anilines is 2. The SMILES string of the molecule is C[C@@H]1CN(Cc2nc(Nc3ccc(C(F)(F)F)cn3)c3ccc(-c4ncccc4C(F)(F)F)cc3n2)C[C@H](C)O1. The molecule has 210 valence electrons. The molecule has 4 heterocycles. The predicted molar refractivity (Wildman–Crippen MR) is 136 cm³/mol. The maximum absolute atomic E-state index is 13.7. The highest BCUT2D eigenvalue weighted by Crippen LogP contribution is 2.37. The summed E-state index contributed by atoms with van der Waals surface area (Å²) in [6.07, 6.45) is -7.20. The van der Waals surface area contributed by atoms with Gasteiger partial charge in [0.1, 0.15) is 17.5 Å². The van der Waals surface area contributed by atoms with Crippen LogP contribution < -0.4 is 5.32 Å². The van der Waals surface area contributed by atoms with Gasteiger partial charge < -0.3 is 10.1 Å². The first-order valence-corrected chi connectivity index (χ1v) is 12.4. The van der Waals surface area contributed by atoms with Crippen LogP contribution >= 0.6 is 0 Å². The number of rotatable bonds is 5. The monoisotopic (exact) mass is 562 g/mol. The quantitative estimate of drug-likeness (QED) is 0.279. The van der Waals surface area contributed by atoms with E-state index in [4.69, 9.17) is 4.74 Å². The topological polar surface area (TPSA) is 76.1 Å². The average molecular weight is 563 g/mol. The van der Waals surface area contributed by atoms with E-state index >= 15 is 0 Å². The number of hydrogen-bond acceptors (Lipinski definition) is 7. The average Bonchev–Trinajstić information content (AvgIpc) is 2.87. The fourth-order valence-corrected chi connectivity index (χ4v) is 4.73. The standard InChI is InChI=1S/C27H24F6N6O/c1-15-12-39(13-16(2)40-15)14-23-36-21-10-17(24-20(27(31,32)33)4-3-9-34-24)5-7-19(21)25(38-23)37-22-8-6-18(11-35-22)26(28,29)30/h3-11,15-16H,12-14H2,1-2H3,(H,35,36,37,38)/t15-,16+. The summed E-state index contributed by atoms with van der Waals surface area (Å²) in [5.74, 6) is 0.739. The number of pyridine rings is 2. The third-order valence-electron chi connectivity index (χ3n) is 6.33. The molecule has 3 aromatic heterocycles. The lowest BCUT2D eigenvalue weighted by Crippen LogP contribution is -2.45.